The molecule has 2 rings (SSSR count). The lowest BCUT2D eigenvalue weighted by Crippen LogP contribution is -2.35. The third kappa shape index (κ3) is 5.68. The van der Waals surface area contributed by atoms with Gasteiger partial charge in [0.25, 0.3) is 10.0 Å². The fourth-order valence-corrected chi connectivity index (χ4v) is 4.31. The average molecular weight is 450 g/mol. The number of carbonyl (C=O) groups excluding carboxylic acids is 2. The van der Waals surface area contributed by atoms with Crippen LogP contribution >= 0.6 is 22.9 Å². The summed E-state index contributed by atoms with van der Waals surface area (Å²) >= 11 is 6.28. The Morgan fingerprint density at radius 2 is 1.86 bits per heavy atom. The summed E-state index contributed by atoms with van der Waals surface area (Å²) in [5.74, 6) is -0.700. The zero-order valence-corrected chi connectivity index (χ0v) is 17.1. The maximum atomic E-state index is 12.5. The Bertz CT molecular complexity index is 943. The van der Waals surface area contributed by atoms with Crippen molar-refractivity contribution in [3.05, 3.63) is 23.1 Å². The van der Waals surface area contributed by atoms with Crippen LogP contribution in [0.15, 0.2) is 21.7 Å². The fraction of sp³-hybridized carbons (Fsp3) is 0.286. The first kappa shape index (κ1) is 21.7. The minimum atomic E-state index is -4.20. The topological polar surface area (TPSA) is 149 Å². The number of aromatic nitrogens is 2. The molecule has 3 amide bonds. The Labute approximate surface area is 169 Å². The van der Waals surface area contributed by atoms with Gasteiger partial charge in [-0.05, 0) is 11.4 Å². The number of amides is 3. The molecule has 0 aliphatic carbocycles. The van der Waals surface area contributed by atoms with Gasteiger partial charge < -0.3 is 14.8 Å². The molecule has 0 aliphatic heterocycles. The molecule has 0 unspecified atom stereocenters. The van der Waals surface area contributed by atoms with Crippen LogP contribution in [0.3, 0.4) is 0 Å². The average Bonchev–Trinajstić information content (AvgIpc) is 3.14. The Hall–Kier alpha value is -2.64. The van der Waals surface area contributed by atoms with E-state index in [1.807, 2.05) is 4.72 Å². The Balaban J connectivity index is 2.11. The highest BCUT2D eigenvalue weighted by molar-refractivity contribution is 7.92. The number of nitrogens with one attached hydrogen (secondary N) is 3. The molecule has 2 aromatic heterocycles. The van der Waals surface area contributed by atoms with Crippen LogP contribution in [0.1, 0.15) is 5.56 Å². The van der Waals surface area contributed by atoms with Gasteiger partial charge in [0.1, 0.15) is 10.1 Å². The van der Waals surface area contributed by atoms with E-state index in [1.165, 1.54) is 31.7 Å². The normalized spacial score (nSPS) is 10.8. The van der Waals surface area contributed by atoms with Crippen molar-refractivity contribution in [1.82, 2.24) is 20.0 Å². The van der Waals surface area contributed by atoms with Crippen LogP contribution in [0.4, 0.5) is 10.7 Å². The predicted octanol–water partition coefficient (Wildman–Crippen LogP) is 0.921. The van der Waals surface area contributed by atoms with Crippen molar-refractivity contribution >= 4 is 50.8 Å². The Kier molecular flexibility index (Phi) is 7.37. The molecule has 28 heavy (non-hydrogen) atoms. The van der Waals surface area contributed by atoms with E-state index < -0.39 is 22.0 Å². The first-order chi connectivity index (χ1) is 13.3. The standard InChI is InChI=1S/C14H16ClN5O6S2/c1-25-10-5-11(26-2)18-13(17-10)19-14(22)20-28(23,24)12-8(3-4-27-12)7-16-9(21)6-15/h3-5H,6-7H2,1-2H3,(H,16,21)(H2,17,18,19,20,22). The number of halogens is 1. The van der Waals surface area contributed by atoms with E-state index >= 15 is 0 Å². The number of hydrogen-bond donors (Lipinski definition) is 3. The fourth-order valence-electron chi connectivity index (χ4n) is 1.89. The second-order valence-electron chi connectivity index (χ2n) is 4.98. The van der Waals surface area contributed by atoms with Gasteiger partial charge in [0.15, 0.2) is 0 Å². The molecule has 2 heterocycles. The summed E-state index contributed by atoms with van der Waals surface area (Å²) in [5, 5.41) is 6.17. The van der Waals surface area contributed by atoms with Gasteiger partial charge in [0.2, 0.25) is 23.6 Å². The zero-order valence-electron chi connectivity index (χ0n) is 14.7. The van der Waals surface area contributed by atoms with Crippen LogP contribution in [0, 0.1) is 0 Å². The largest absolute Gasteiger partial charge is 0.481 e. The second-order valence-corrected chi connectivity index (χ2v) is 8.04. The molecule has 0 aliphatic rings. The monoisotopic (exact) mass is 449 g/mol. The van der Waals surface area contributed by atoms with Crippen molar-refractivity contribution in [3.8, 4) is 11.8 Å². The minimum Gasteiger partial charge on any atom is -0.481 e. The summed E-state index contributed by atoms with van der Waals surface area (Å²) < 4.78 is 36.6. The Morgan fingerprint density at radius 3 is 2.43 bits per heavy atom. The lowest BCUT2D eigenvalue weighted by molar-refractivity contribution is -0.118. The molecule has 0 aromatic carbocycles. The number of thiophene rings is 1. The van der Waals surface area contributed by atoms with Gasteiger partial charge in [-0.15, -0.1) is 22.9 Å². The van der Waals surface area contributed by atoms with Crippen LogP contribution in [0.5, 0.6) is 11.8 Å². The zero-order chi connectivity index (χ0) is 20.7. The van der Waals surface area contributed by atoms with Crippen LogP contribution in [-0.4, -0.2) is 50.4 Å². The van der Waals surface area contributed by atoms with Crippen molar-refractivity contribution in [3.63, 3.8) is 0 Å². The molecule has 0 saturated heterocycles. The maximum absolute atomic E-state index is 12.5. The van der Waals surface area contributed by atoms with Crippen LogP contribution in [0.25, 0.3) is 0 Å². The van der Waals surface area contributed by atoms with Crippen molar-refractivity contribution in [2.45, 2.75) is 10.8 Å². The number of nitrogens with zero attached hydrogens (tertiary/aromatic N) is 2. The number of ether oxygens (including phenoxy) is 2. The van der Waals surface area contributed by atoms with E-state index in [9.17, 15) is 18.0 Å². The number of hydrogen-bond acceptors (Lipinski definition) is 9. The predicted molar refractivity (Wildman–Crippen MR) is 101 cm³/mol. The van der Waals surface area contributed by atoms with Crippen molar-refractivity contribution < 1.29 is 27.5 Å². The minimum absolute atomic E-state index is 0.0525. The van der Waals surface area contributed by atoms with Crippen LogP contribution < -0.4 is 24.8 Å². The molecule has 2 aromatic rings. The van der Waals surface area contributed by atoms with Gasteiger partial charge >= 0.3 is 6.03 Å². The summed E-state index contributed by atoms with van der Waals surface area (Å²) in [6, 6.07) is 1.81. The number of methoxy groups -OCH3 is 2. The molecule has 11 nitrogen and oxygen atoms in total. The number of sulfonamides is 1. The quantitative estimate of drug-likeness (QED) is 0.503. The Morgan fingerprint density at radius 1 is 1.21 bits per heavy atom. The third-order valence-corrected chi connectivity index (χ3v) is 6.24. The van der Waals surface area contributed by atoms with E-state index in [0.717, 1.165) is 11.3 Å². The van der Waals surface area contributed by atoms with E-state index in [1.54, 1.807) is 0 Å². The number of rotatable bonds is 8. The van der Waals surface area contributed by atoms with Gasteiger partial charge in [-0.3, -0.25) is 10.1 Å². The molecule has 14 heteroatoms. The lowest BCUT2D eigenvalue weighted by atomic mass is 10.3. The molecular weight excluding hydrogens is 434 g/mol. The summed E-state index contributed by atoms with van der Waals surface area (Å²) in [6.07, 6.45) is 0. The second kappa shape index (κ2) is 9.52. The van der Waals surface area contributed by atoms with Gasteiger partial charge in [0, 0.05) is 12.1 Å². The number of carbonyl (C=O) groups is 2. The van der Waals surface area contributed by atoms with E-state index in [2.05, 4.69) is 20.6 Å². The molecule has 0 spiro atoms. The number of urea groups is 1. The van der Waals surface area contributed by atoms with Gasteiger partial charge in [0.05, 0.1) is 20.3 Å². The van der Waals surface area contributed by atoms with E-state index in [4.69, 9.17) is 21.1 Å². The summed E-state index contributed by atoms with van der Waals surface area (Å²) in [5.41, 5.74) is 0.308. The summed E-state index contributed by atoms with van der Waals surface area (Å²) in [7, 11) is -1.48. The molecule has 0 atom stereocenters. The number of alkyl halides is 1. The molecule has 0 saturated carbocycles. The highest BCUT2D eigenvalue weighted by Gasteiger charge is 2.23. The van der Waals surface area contributed by atoms with Crippen molar-refractivity contribution in [2.24, 2.45) is 0 Å². The highest BCUT2D eigenvalue weighted by atomic mass is 35.5. The third-order valence-electron chi connectivity index (χ3n) is 3.10. The number of anilines is 1. The van der Waals surface area contributed by atoms with Crippen molar-refractivity contribution in [1.29, 1.82) is 0 Å². The van der Waals surface area contributed by atoms with E-state index in [-0.39, 0.29) is 34.3 Å². The van der Waals surface area contributed by atoms with Crippen LogP contribution in [0.2, 0.25) is 0 Å². The first-order valence-corrected chi connectivity index (χ1v) is 10.4. The maximum Gasteiger partial charge on any atom is 0.335 e. The molecule has 0 radical (unpaired) electrons. The SMILES string of the molecule is COc1cc(OC)nc(NC(=O)NS(=O)(=O)c2sccc2CNC(=O)CCl)n1. The smallest absolute Gasteiger partial charge is 0.335 e. The molecule has 3 N–H and O–H groups in total. The molecule has 0 bridgehead atoms. The van der Waals surface area contributed by atoms with E-state index in [0.29, 0.717) is 5.56 Å². The lowest BCUT2D eigenvalue weighted by Gasteiger charge is -2.10. The molecular formula is C14H16ClN5O6S2. The van der Waals surface area contributed by atoms with Gasteiger partial charge in [-0.1, -0.05) is 0 Å². The first-order valence-electron chi connectivity index (χ1n) is 7.49. The van der Waals surface area contributed by atoms with Gasteiger partial charge in [-0.2, -0.15) is 9.97 Å². The molecule has 152 valence electrons. The molecule has 0 fully saturated rings. The van der Waals surface area contributed by atoms with Crippen molar-refractivity contribution in [2.75, 3.05) is 25.4 Å². The van der Waals surface area contributed by atoms with Crippen LogP contribution in [-0.2, 0) is 21.4 Å². The summed E-state index contributed by atoms with van der Waals surface area (Å²) in [6.45, 7) is -0.0525. The highest BCUT2D eigenvalue weighted by Crippen LogP contribution is 2.23. The summed E-state index contributed by atoms with van der Waals surface area (Å²) in [4.78, 5) is 31.1. The van der Waals surface area contributed by atoms with Gasteiger partial charge in [-0.25, -0.2) is 17.9 Å².